The Bertz CT molecular complexity index is 1260. The molecular weight excluding hydrogens is 458 g/mol. The minimum Gasteiger partial charge on any atom is -0.489 e. The summed E-state index contributed by atoms with van der Waals surface area (Å²) in [4.78, 5) is 25.4. The first kappa shape index (κ1) is 24.1. The van der Waals surface area contributed by atoms with Gasteiger partial charge in [0.2, 0.25) is 5.12 Å². The van der Waals surface area contributed by atoms with E-state index >= 15 is 0 Å². The molecule has 5 nitrogen and oxygen atoms in total. The van der Waals surface area contributed by atoms with E-state index in [-0.39, 0.29) is 11.5 Å². The predicted molar refractivity (Wildman–Crippen MR) is 139 cm³/mol. The second-order valence-electron chi connectivity index (χ2n) is 7.91. The second kappa shape index (κ2) is 11.9. The van der Waals surface area contributed by atoms with E-state index in [1.807, 2.05) is 91.0 Å². The van der Waals surface area contributed by atoms with Crippen molar-refractivity contribution < 1.29 is 19.4 Å². The third-order valence-corrected chi connectivity index (χ3v) is 6.34. The van der Waals surface area contributed by atoms with E-state index in [4.69, 9.17) is 4.74 Å². The smallest absolute Gasteiger partial charge is 0.326 e. The number of hydrogen-bond donors (Lipinski definition) is 2. The summed E-state index contributed by atoms with van der Waals surface area (Å²) in [6, 6.07) is 32.7. The van der Waals surface area contributed by atoms with Crippen LogP contribution in [0.3, 0.4) is 0 Å². The largest absolute Gasteiger partial charge is 0.489 e. The normalized spacial score (nSPS) is 11.4. The number of carbonyl (C=O) groups is 2. The molecule has 4 rings (SSSR count). The number of para-hydroxylation sites is 1. The van der Waals surface area contributed by atoms with Crippen LogP contribution in [0.2, 0.25) is 0 Å². The molecule has 6 heteroatoms. The molecule has 4 aromatic rings. The summed E-state index contributed by atoms with van der Waals surface area (Å²) in [6.45, 7) is 0.468. The maximum absolute atomic E-state index is 12.7. The van der Waals surface area contributed by atoms with Gasteiger partial charge in [0, 0.05) is 22.6 Å². The van der Waals surface area contributed by atoms with Crippen molar-refractivity contribution in [2.75, 3.05) is 5.32 Å². The lowest BCUT2D eigenvalue weighted by molar-refractivity contribution is -0.137. The highest BCUT2D eigenvalue weighted by atomic mass is 32.2. The molecule has 1 atom stereocenters. The van der Waals surface area contributed by atoms with Gasteiger partial charge < -0.3 is 15.2 Å². The topological polar surface area (TPSA) is 75.6 Å². The van der Waals surface area contributed by atoms with E-state index in [2.05, 4.69) is 5.32 Å². The van der Waals surface area contributed by atoms with Crippen LogP contribution in [0.15, 0.2) is 114 Å². The van der Waals surface area contributed by atoms with Crippen LogP contribution in [0.1, 0.15) is 21.5 Å². The van der Waals surface area contributed by atoms with E-state index in [1.165, 1.54) is 0 Å². The zero-order valence-corrected chi connectivity index (χ0v) is 19.8. The molecule has 0 aromatic heterocycles. The predicted octanol–water partition coefficient (Wildman–Crippen LogP) is 6.31. The van der Waals surface area contributed by atoms with Crippen LogP contribution in [0.25, 0.3) is 0 Å². The minimum absolute atomic E-state index is 0.0992. The van der Waals surface area contributed by atoms with Crippen molar-refractivity contribution in [3.05, 3.63) is 126 Å². The van der Waals surface area contributed by atoms with Crippen LogP contribution in [-0.4, -0.2) is 22.2 Å². The summed E-state index contributed by atoms with van der Waals surface area (Å²) < 4.78 is 5.82. The average Bonchev–Trinajstić information content (AvgIpc) is 2.90. The summed E-state index contributed by atoms with van der Waals surface area (Å²) in [5.74, 6) is -0.248. The Balaban J connectivity index is 1.41. The Morgan fingerprint density at radius 2 is 1.40 bits per heavy atom. The molecule has 0 aliphatic rings. The van der Waals surface area contributed by atoms with E-state index in [0.717, 1.165) is 28.6 Å². The molecule has 35 heavy (non-hydrogen) atoms. The summed E-state index contributed by atoms with van der Waals surface area (Å²) in [5.41, 5.74) is 3.14. The fraction of sp³-hybridized carbons (Fsp3) is 0.103. The highest BCUT2D eigenvalue weighted by Crippen LogP contribution is 2.30. The number of aliphatic carboxylic acids is 1. The first-order chi connectivity index (χ1) is 17.1. The lowest BCUT2D eigenvalue weighted by Crippen LogP contribution is -2.31. The van der Waals surface area contributed by atoms with Gasteiger partial charge in [-0.15, -0.1) is 0 Å². The molecule has 4 aromatic carbocycles. The maximum atomic E-state index is 12.7. The van der Waals surface area contributed by atoms with Gasteiger partial charge >= 0.3 is 5.97 Å². The van der Waals surface area contributed by atoms with Crippen LogP contribution < -0.4 is 10.1 Å². The Hall–Kier alpha value is -4.03. The molecule has 176 valence electrons. The Morgan fingerprint density at radius 3 is 2.09 bits per heavy atom. The molecule has 2 N–H and O–H groups in total. The van der Waals surface area contributed by atoms with Gasteiger partial charge in [-0.1, -0.05) is 84.9 Å². The molecule has 0 saturated carbocycles. The van der Waals surface area contributed by atoms with Crippen LogP contribution in [0.4, 0.5) is 5.69 Å². The number of benzene rings is 4. The number of ether oxygens (including phenoxy) is 1. The first-order valence-electron chi connectivity index (χ1n) is 11.2. The van der Waals surface area contributed by atoms with Crippen LogP contribution in [0, 0.1) is 0 Å². The van der Waals surface area contributed by atoms with Crippen molar-refractivity contribution in [1.82, 2.24) is 0 Å². The fourth-order valence-electron chi connectivity index (χ4n) is 3.49. The molecule has 0 aliphatic carbocycles. The van der Waals surface area contributed by atoms with Gasteiger partial charge in [-0.3, -0.25) is 4.79 Å². The van der Waals surface area contributed by atoms with Crippen molar-refractivity contribution in [1.29, 1.82) is 0 Å². The number of carboxylic acid groups (broad SMARTS) is 1. The zero-order chi connectivity index (χ0) is 24.5. The first-order valence-corrected chi connectivity index (χ1v) is 12.0. The number of carboxylic acids is 1. The fourth-order valence-corrected chi connectivity index (χ4v) is 4.33. The van der Waals surface area contributed by atoms with Crippen LogP contribution in [0.5, 0.6) is 5.75 Å². The number of carbonyl (C=O) groups excluding carboxylic acids is 1. The van der Waals surface area contributed by atoms with E-state index in [1.54, 1.807) is 18.2 Å². The number of hydrogen-bond acceptors (Lipinski definition) is 5. The van der Waals surface area contributed by atoms with Crippen molar-refractivity contribution in [2.45, 2.75) is 24.0 Å². The molecule has 0 amide bonds. The van der Waals surface area contributed by atoms with E-state index < -0.39 is 12.0 Å². The molecule has 0 aliphatic heterocycles. The Kier molecular flexibility index (Phi) is 8.20. The molecule has 0 heterocycles. The van der Waals surface area contributed by atoms with E-state index in [0.29, 0.717) is 22.8 Å². The van der Waals surface area contributed by atoms with Gasteiger partial charge in [-0.2, -0.15) is 0 Å². The number of rotatable bonds is 10. The van der Waals surface area contributed by atoms with Crippen molar-refractivity contribution >= 4 is 28.5 Å². The SMILES string of the molecule is O=C(Sc1ccccc1NC(Cc1ccc(OCc2ccccc2)cc1)C(=O)O)c1ccccc1. The van der Waals surface area contributed by atoms with E-state index in [9.17, 15) is 14.7 Å². The standard InChI is InChI=1S/C29H25NO4S/c31-28(32)26(19-21-15-17-24(18-16-21)34-20-22-9-3-1-4-10-22)30-25-13-7-8-14-27(25)35-29(33)23-11-5-2-6-12-23/h1-18,26,30H,19-20H2,(H,31,32). The highest BCUT2D eigenvalue weighted by Gasteiger charge is 2.20. The lowest BCUT2D eigenvalue weighted by atomic mass is 10.1. The molecule has 0 spiro atoms. The molecule has 0 bridgehead atoms. The monoisotopic (exact) mass is 483 g/mol. The van der Waals surface area contributed by atoms with Crippen molar-refractivity contribution in [2.24, 2.45) is 0 Å². The van der Waals surface area contributed by atoms with Gasteiger partial charge in [0.15, 0.2) is 0 Å². The van der Waals surface area contributed by atoms with Crippen LogP contribution in [-0.2, 0) is 17.8 Å². The second-order valence-corrected chi connectivity index (χ2v) is 8.92. The Labute approximate surface area is 208 Å². The summed E-state index contributed by atoms with van der Waals surface area (Å²) >= 11 is 1.08. The molecule has 1 unspecified atom stereocenters. The zero-order valence-electron chi connectivity index (χ0n) is 19.0. The minimum atomic E-state index is -0.969. The third-order valence-electron chi connectivity index (χ3n) is 5.34. The van der Waals surface area contributed by atoms with Gasteiger partial charge in [0.1, 0.15) is 18.4 Å². The Morgan fingerprint density at radius 1 is 0.771 bits per heavy atom. The highest BCUT2D eigenvalue weighted by molar-refractivity contribution is 8.14. The van der Waals surface area contributed by atoms with Crippen molar-refractivity contribution in [3.8, 4) is 5.75 Å². The maximum Gasteiger partial charge on any atom is 0.326 e. The van der Waals surface area contributed by atoms with Gasteiger partial charge in [-0.25, -0.2) is 4.79 Å². The molecule has 0 fully saturated rings. The molecule has 0 saturated heterocycles. The summed E-state index contributed by atoms with van der Waals surface area (Å²) in [5, 5.41) is 12.9. The van der Waals surface area contributed by atoms with Gasteiger partial charge in [0.05, 0.1) is 0 Å². The molecular formula is C29H25NO4S. The van der Waals surface area contributed by atoms with Gasteiger partial charge in [0.25, 0.3) is 0 Å². The van der Waals surface area contributed by atoms with Crippen molar-refractivity contribution in [3.63, 3.8) is 0 Å². The third kappa shape index (κ3) is 6.98. The van der Waals surface area contributed by atoms with Crippen LogP contribution >= 0.6 is 11.8 Å². The molecule has 0 radical (unpaired) electrons. The lowest BCUT2D eigenvalue weighted by Gasteiger charge is -2.18. The average molecular weight is 484 g/mol. The quantitative estimate of drug-likeness (QED) is 0.258. The summed E-state index contributed by atoms with van der Waals surface area (Å²) in [6.07, 6.45) is 0.278. The number of nitrogens with one attached hydrogen (secondary N) is 1. The number of anilines is 1. The summed E-state index contributed by atoms with van der Waals surface area (Å²) in [7, 11) is 0. The van der Waals surface area contributed by atoms with Gasteiger partial charge in [-0.05, 0) is 47.2 Å². The number of thioether (sulfide) groups is 1.